The molecule has 2 aromatic rings. The number of nitrogens with zero attached hydrogens (tertiary/aromatic N) is 1. The van der Waals surface area contributed by atoms with Crippen LogP contribution in [0.15, 0.2) is 24.3 Å². The van der Waals surface area contributed by atoms with Crippen LogP contribution in [0, 0.1) is 6.92 Å². The topological polar surface area (TPSA) is 116 Å². The quantitative estimate of drug-likeness (QED) is 0.276. The number of carbonyl (C=O) groups is 3. The molecule has 1 aromatic carbocycles. The summed E-state index contributed by atoms with van der Waals surface area (Å²) < 4.78 is 15.2. The molecule has 2 N–H and O–H groups in total. The Morgan fingerprint density at radius 2 is 2.00 bits per heavy atom. The Bertz CT molecular complexity index is 1030. The summed E-state index contributed by atoms with van der Waals surface area (Å²) in [4.78, 5) is 39.7. The van der Waals surface area contributed by atoms with Gasteiger partial charge in [-0.05, 0) is 49.8 Å². The molecule has 0 radical (unpaired) electrons. The minimum Gasteiger partial charge on any atom is -0.493 e. The van der Waals surface area contributed by atoms with Crippen molar-refractivity contribution in [1.29, 1.82) is 0 Å². The Kier molecular flexibility index (Phi) is 8.64. The van der Waals surface area contributed by atoms with E-state index in [-0.39, 0.29) is 17.5 Å². The maximum atomic E-state index is 12.1. The van der Waals surface area contributed by atoms with Crippen molar-refractivity contribution in [1.82, 2.24) is 10.3 Å². The van der Waals surface area contributed by atoms with Gasteiger partial charge in [0.2, 0.25) is 5.91 Å². The van der Waals surface area contributed by atoms with Crippen molar-refractivity contribution in [2.24, 2.45) is 0 Å². The van der Waals surface area contributed by atoms with Crippen LogP contribution in [0.3, 0.4) is 0 Å². The van der Waals surface area contributed by atoms with E-state index in [4.69, 9.17) is 26.4 Å². The number of ether oxygens (including phenoxy) is 3. The number of esters is 2. The van der Waals surface area contributed by atoms with E-state index in [0.29, 0.717) is 27.0 Å². The van der Waals surface area contributed by atoms with Gasteiger partial charge in [-0.25, -0.2) is 9.78 Å². The number of aryl methyl sites for hydroxylation is 1. The van der Waals surface area contributed by atoms with Crippen molar-refractivity contribution in [3.8, 4) is 11.5 Å². The lowest BCUT2D eigenvalue weighted by molar-refractivity contribution is -0.132. The van der Waals surface area contributed by atoms with E-state index >= 15 is 0 Å². The van der Waals surface area contributed by atoms with Crippen molar-refractivity contribution in [2.75, 3.05) is 19.0 Å². The largest absolute Gasteiger partial charge is 0.493 e. The molecule has 0 aliphatic heterocycles. The van der Waals surface area contributed by atoms with Crippen LogP contribution in [0.2, 0.25) is 0 Å². The predicted octanol–water partition coefficient (Wildman–Crippen LogP) is 3.09. The van der Waals surface area contributed by atoms with Gasteiger partial charge in [0.05, 0.1) is 19.4 Å². The summed E-state index contributed by atoms with van der Waals surface area (Å²) in [6.45, 7) is 4.95. The fraction of sp³-hybridized carbons (Fsp3) is 0.250. The zero-order valence-electron chi connectivity index (χ0n) is 17.3. The van der Waals surface area contributed by atoms with Crippen LogP contribution < -0.4 is 20.1 Å². The number of amides is 1. The summed E-state index contributed by atoms with van der Waals surface area (Å²) in [7, 11) is 1.44. The highest BCUT2D eigenvalue weighted by Gasteiger charge is 2.17. The van der Waals surface area contributed by atoms with Crippen LogP contribution in [-0.4, -0.2) is 41.7 Å². The molecule has 1 aromatic heterocycles. The first-order valence-corrected chi connectivity index (χ1v) is 10.3. The molecule has 0 bridgehead atoms. The van der Waals surface area contributed by atoms with Crippen LogP contribution in [0.4, 0.5) is 5.13 Å². The Morgan fingerprint density at radius 3 is 2.65 bits per heavy atom. The Labute approximate surface area is 188 Å². The lowest BCUT2D eigenvalue weighted by Crippen LogP contribution is -2.32. The first kappa shape index (κ1) is 24.0. The van der Waals surface area contributed by atoms with Gasteiger partial charge in [-0.3, -0.25) is 14.9 Å². The molecule has 164 valence electrons. The number of aromatic nitrogens is 1. The fourth-order valence-corrected chi connectivity index (χ4v) is 3.44. The van der Waals surface area contributed by atoms with Crippen molar-refractivity contribution >= 4 is 57.7 Å². The molecule has 1 heterocycles. The van der Waals surface area contributed by atoms with E-state index in [1.165, 1.54) is 20.1 Å². The van der Waals surface area contributed by atoms with Gasteiger partial charge in [0, 0.05) is 13.0 Å². The number of benzene rings is 1. The molecule has 1 amide bonds. The van der Waals surface area contributed by atoms with E-state index in [2.05, 4.69) is 15.6 Å². The van der Waals surface area contributed by atoms with E-state index in [1.807, 2.05) is 0 Å². The summed E-state index contributed by atoms with van der Waals surface area (Å²) in [5, 5.41) is 5.65. The average Bonchev–Trinajstić information content (AvgIpc) is 3.06. The summed E-state index contributed by atoms with van der Waals surface area (Å²) in [5.74, 6) is -0.765. The van der Waals surface area contributed by atoms with E-state index in [1.54, 1.807) is 38.1 Å². The molecule has 0 fully saturated rings. The van der Waals surface area contributed by atoms with Gasteiger partial charge < -0.3 is 19.5 Å². The molecule has 9 nitrogen and oxygen atoms in total. The number of hydrogen-bond acceptors (Lipinski definition) is 9. The zero-order valence-corrected chi connectivity index (χ0v) is 18.9. The zero-order chi connectivity index (χ0) is 23.0. The van der Waals surface area contributed by atoms with Gasteiger partial charge in [-0.15, -0.1) is 0 Å². The van der Waals surface area contributed by atoms with Crippen molar-refractivity contribution in [3.05, 3.63) is 40.4 Å². The number of anilines is 1. The first-order valence-electron chi connectivity index (χ1n) is 9.04. The number of rotatable bonds is 7. The van der Waals surface area contributed by atoms with Crippen molar-refractivity contribution in [2.45, 2.75) is 20.8 Å². The van der Waals surface area contributed by atoms with Crippen LogP contribution in [-0.2, 0) is 14.3 Å². The van der Waals surface area contributed by atoms with Crippen LogP contribution in [0.5, 0.6) is 11.5 Å². The first-order chi connectivity index (χ1) is 14.7. The van der Waals surface area contributed by atoms with Crippen LogP contribution >= 0.6 is 23.6 Å². The maximum Gasteiger partial charge on any atom is 0.350 e. The highest BCUT2D eigenvalue weighted by atomic mass is 32.1. The van der Waals surface area contributed by atoms with Crippen LogP contribution in [0.25, 0.3) is 6.08 Å². The fourth-order valence-electron chi connectivity index (χ4n) is 2.32. The molecule has 31 heavy (non-hydrogen) atoms. The Balaban J connectivity index is 1.97. The Hall–Kier alpha value is -3.31. The molecule has 0 spiro atoms. The second-order valence-electron chi connectivity index (χ2n) is 5.93. The average molecular weight is 464 g/mol. The van der Waals surface area contributed by atoms with Crippen molar-refractivity contribution < 1.29 is 28.6 Å². The minimum atomic E-state index is -0.473. The van der Waals surface area contributed by atoms with Gasteiger partial charge in [0.1, 0.15) is 4.88 Å². The molecular weight excluding hydrogens is 442 g/mol. The normalized spacial score (nSPS) is 10.5. The third-order valence-corrected chi connectivity index (χ3v) is 4.84. The number of nitrogens with one attached hydrogen (secondary N) is 2. The van der Waals surface area contributed by atoms with Gasteiger partial charge in [0.25, 0.3) is 0 Å². The molecular formula is C20H21N3O6S2. The maximum absolute atomic E-state index is 12.1. The monoisotopic (exact) mass is 463 g/mol. The van der Waals surface area contributed by atoms with Gasteiger partial charge >= 0.3 is 11.9 Å². The minimum absolute atomic E-state index is 0.0293. The molecule has 11 heteroatoms. The second-order valence-corrected chi connectivity index (χ2v) is 7.34. The van der Waals surface area contributed by atoms with E-state index < -0.39 is 17.8 Å². The highest BCUT2D eigenvalue weighted by molar-refractivity contribution is 7.80. The van der Waals surface area contributed by atoms with Gasteiger partial charge in [-0.2, -0.15) is 0 Å². The third kappa shape index (κ3) is 7.15. The Morgan fingerprint density at radius 1 is 1.26 bits per heavy atom. The molecule has 0 unspecified atom stereocenters. The number of methoxy groups -OCH3 is 1. The molecule has 0 aliphatic carbocycles. The van der Waals surface area contributed by atoms with Crippen LogP contribution in [0.1, 0.15) is 34.8 Å². The highest BCUT2D eigenvalue weighted by Crippen LogP contribution is 2.28. The number of carbonyl (C=O) groups excluding carboxylic acids is 3. The summed E-state index contributed by atoms with van der Waals surface area (Å²) >= 11 is 6.19. The standard InChI is InChI=1S/C20H21N3O6S2/c1-5-28-18(26)17-11(2)21-20(31-17)23-19(30)22-16(25)9-7-13-6-8-14(29-12(3)24)15(10-13)27-4/h6-10H,5H2,1-4H3,(H2,21,22,23,25,30). The summed E-state index contributed by atoms with van der Waals surface area (Å²) in [5.41, 5.74) is 1.16. The van der Waals surface area contributed by atoms with Crippen molar-refractivity contribution in [3.63, 3.8) is 0 Å². The van der Waals surface area contributed by atoms with Gasteiger partial charge in [-0.1, -0.05) is 17.4 Å². The second kappa shape index (κ2) is 11.2. The van der Waals surface area contributed by atoms with E-state index in [9.17, 15) is 14.4 Å². The van der Waals surface area contributed by atoms with E-state index in [0.717, 1.165) is 11.3 Å². The molecule has 0 saturated carbocycles. The number of thiazole rings is 1. The molecule has 0 saturated heterocycles. The molecule has 0 atom stereocenters. The lowest BCUT2D eigenvalue weighted by Gasteiger charge is -2.08. The SMILES string of the molecule is CCOC(=O)c1sc(NC(=S)NC(=O)C=Cc2ccc(OC(C)=O)c(OC)c2)nc1C. The third-order valence-electron chi connectivity index (χ3n) is 3.58. The summed E-state index contributed by atoms with van der Waals surface area (Å²) in [6, 6.07) is 4.85. The predicted molar refractivity (Wildman–Crippen MR) is 121 cm³/mol. The van der Waals surface area contributed by atoms with Gasteiger partial charge in [0.15, 0.2) is 21.7 Å². The molecule has 2 rings (SSSR count). The molecule has 0 aliphatic rings. The lowest BCUT2D eigenvalue weighted by atomic mass is 10.2. The number of thiocarbonyl (C=S) groups is 1. The smallest absolute Gasteiger partial charge is 0.350 e. The summed E-state index contributed by atoms with van der Waals surface area (Å²) in [6.07, 6.45) is 2.83. The number of hydrogen-bond donors (Lipinski definition) is 2.